The second-order valence-electron chi connectivity index (χ2n) is 6.55. The lowest BCUT2D eigenvalue weighted by Gasteiger charge is -2.08. The van der Waals surface area contributed by atoms with Gasteiger partial charge in [-0.1, -0.05) is 49.9 Å². The zero-order chi connectivity index (χ0) is 20.3. The van der Waals surface area contributed by atoms with E-state index in [1.807, 2.05) is 5.38 Å². The summed E-state index contributed by atoms with van der Waals surface area (Å²) in [5.41, 5.74) is 3.48. The summed E-state index contributed by atoms with van der Waals surface area (Å²) in [5.74, 6) is 0.472. The van der Waals surface area contributed by atoms with E-state index < -0.39 is 11.7 Å². The van der Waals surface area contributed by atoms with Crippen LogP contribution in [0.3, 0.4) is 0 Å². The van der Waals surface area contributed by atoms with E-state index >= 15 is 0 Å². The van der Waals surface area contributed by atoms with Crippen molar-refractivity contribution in [2.24, 2.45) is 0 Å². The number of benzene rings is 1. The SMILES string of the molecule is COC(=O)c1c(SCc2csc(-c3ccc(C(C)C)cc3)n2)nc(=O)[nH]c1C. The van der Waals surface area contributed by atoms with Gasteiger partial charge in [0.25, 0.3) is 0 Å². The smallest absolute Gasteiger partial charge is 0.346 e. The molecule has 1 aromatic carbocycles. The van der Waals surface area contributed by atoms with Crippen molar-refractivity contribution in [2.75, 3.05) is 7.11 Å². The summed E-state index contributed by atoms with van der Waals surface area (Å²) in [6.07, 6.45) is 0. The monoisotopic (exact) mass is 415 g/mol. The molecule has 8 heteroatoms. The predicted molar refractivity (Wildman–Crippen MR) is 112 cm³/mol. The lowest BCUT2D eigenvalue weighted by atomic mass is 10.0. The second-order valence-corrected chi connectivity index (χ2v) is 8.37. The lowest BCUT2D eigenvalue weighted by Crippen LogP contribution is -2.19. The predicted octanol–water partition coefficient (Wildman–Crippen LogP) is 4.40. The quantitative estimate of drug-likeness (QED) is 0.365. The Morgan fingerprint density at radius 3 is 2.61 bits per heavy atom. The van der Waals surface area contributed by atoms with Crippen LogP contribution in [-0.4, -0.2) is 28.0 Å². The van der Waals surface area contributed by atoms with Crippen LogP contribution >= 0.6 is 23.1 Å². The number of H-pyrrole nitrogens is 1. The molecule has 2 aromatic heterocycles. The fraction of sp³-hybridized carbons (Fsp3) is 0.300. The first-order valence-electron chi connectivity index (χ1n) is 8.75. The Morgan fingerprint density at radius 1 is 1.25 bits per heavy atom. The van der Waals surface area contributed by atoms with Gasteiger partial charge in [0.2, 0.25) is 0 Å². The number of nitrogens with zero attached hydrogens (tertiary/aromatic N) is 2. The highest BCUT2D eigenvalue weighted by Gasteiger charge is 2.19. The molecule has 0 bridgehead atoms. The van der Waals surface area contributed by atoms with Crippen molar-refractivity contribution in [1.29, 1.82) is 0 Å². The van der Waals surface area contributed by atoms with Crippen LogP contribution < -0.4 is 5.69 Å². The van der Waals surface area contributed by atoms with E-state index in [9.17, 15) is 9.59 Å². The number of thioether (sulfide) groups is 1. The summed E-state index contributed by atoms with van der Waals surface area (Å²) >= 11 is 2.87. The number of methoxy groups -OCH3 is 1. The van der Waals surface area contributed by atoms with Crippen molar-refractivity contribution < 1.29 is 9.53 Å². The van der Waals surface area contributed by atoms with Gasteiger partial charge in [-0.25, -0.2) is 14.6 Å². The molecule has 0 saturated heterocycles. The number of hydrogen-bond donors (Lipinski definition) is 1. The number of carbonyl (C=O) groups excluding carboxylic acids is 1. The lowest BCUT2D eigenvalue weighted by molar-refractivity contribution is 0.0594. The Morgan fingerprint density at radius 2 is 1.96 bits per heavy atom. The minimum atomic E-state index is -0.520. The van der Waals surface area contributed by atoms with Gasteiger partial charge in [0, 0.05) is 22.4 Å². The number of hydrogen-bond acceptors (Lipinski definition) is 7. The van der Waals surface area contributed by atoms with Gasteiger partial charge < -0.3 is 9.72 Å². The van der Waals surface area contributed by atoms with E-state index in [2.05, 4.69) is 53.1 Å². The molecule has 0 amide bonds. The van der Waals surface area contributed by atoms with Crippen LogP contribution in [0.5, 0.6) is 0 Å². The molecule has 3 rings (SSSR count). The van der Waals surface area contributed by atoms with Crippen LogP contribution in [-0.2, 0) is 10.5 Å². The maximum Gasteiger partial charge on any atom is 0.346 e. The Hall–Kier alpha value is -2.45. The van der Waals surface area contributed by atoms with E-state index in [-0.39, 0.29) is 5.56 Å². The number of aryl methyl sites for hydroxylation is 1. The highest BCUT2D eigenvalue weighted by Crippen LogP contribution is 2.29. The highest BCUT2D eigenvalue weighted by atomic mass is 32.2. The maximum atomic E-state index is 12.0. The van der Waals surface area contributed by atoms with E-state index in [4.69, 9.17) is 4.74 Å². The van der Waals surface area contributed by atoms with Crippen molar-refractivity contribution in [3.63, 3.8) is 0 Å². The number of carbonyl (C=O) groups is 1. The zero-order valence-electron chi connectivity index (χ0n) is 16.1. The molecule has 0 aliphatic heterocycles. The molecule has 0 radical (unpaired) electrons. The molecule has 0 atom stereocenters. The van der Waals surface area contributed by atoms with Gasteiger partial charge in [-0.05, 0) is 18.4 Å². The molecule has 0 unspecified atom stereocenters. The fourth-order valence-corrected chi connectivity index (χ4v) is 4.56. The topological polar surface area (TPSA) is 84.9 Å². The molecular formula is C20H21N3O3S2. The average Bonchev–Trinajstić information content (AvgIpc) is 3.14. The zero-order valence-corrected chi connectivity index (χ0v) is 17.7. The molecule has 6 nitrogen and oxygen atoms in total. The number of esters is 1. The number of rotatable bonds is 6. The van der Waals surface area contributed by atoms with E-state index in [1.165, 1.54) is 24.4 Å². The molecule has 0 aliphatic rings. The Labute approximate surface area is 171 Å². The summed E-state index contributed by atoms with van der Waals surface area (Å²) in [6, 6.07) is 8.42. The van der Waals surface area contributed by atoms with Crippen molar-refractivity contribution in [1.82, 2.24) is 15.0 Å². The molecule has 0 fully saturated rings. The number of thiazole rings is 1. The number of ether oxygens (including phenoxy) is 1. The Balaban J connectivity index is 1.78. The van der Waals surface area contributed by atoms with E-state index in [0.717, 1.165) is 16.3 Å². The van der Waals surface area contributed by atoms with Crippen molar-refractivity contribution in [2.45, 2.75) is 37.5 Å². The first-order chi connectivity index (χ1) is 13.4. The van der Waals surface area contributed by atoms with Crippen LogP contribution in [0.2, 0.25) is 0 Å². The second kappa shape index (κ2) is 8.70. The van der Waals surface area contributed by atoms with E-state index in [0.29, 0.717) is 22.4 Å². The van der Waals surface area contributed by atoms with Gasteiger partial charge in [-0.2, -0.15) is 4.98 Å². The molecule has 0 saturated carbocycles. The van der Waals surface area contributed by atoms with Crippen LogP contribution in [0.15, 0.2) is 39.5 Å². The first kappa shape index (κ1) is 20.3. The Kier molecular flexibility index (Phi) is 6.31. The summed E-state index contributed by atoms with van der Waals surface area (Å²) in [4.78, 5) is 34.9. The molecule has 1 N–H and O–H groups in total. The standard InChI is InChI=1S/C20H21N3O3S2/c1-11(2)13-5-7-14(8-6-13)17-22-15(9-27-17)10-28-18-16(19(24)26-4)12(3)21-20(25)23-18/h5-9,11H,10H2,1-4H3,(H,21,23,25). The molecular weight excluding hydrogens is 394 g/mol. The van der Waals surface area contributed by atoms with Crippen molar-refractivity contribution >= 4 is 29.1 Å². The molecule has 3 aromatic rings. The average molecular weight is 416 g/mol. The van der Waals surface area contributed by atoms with Crippen molar-refractivity contribution in [3.05, 3.63) is 62.6 Å². The summed E-state index contributed by atoms with van der Waals surface area (Å²) in [7, 11) is 1.30. The van der Waals surface area contributed by atoms with Crippen LogP contribution in [0, 0.1) is 6.92 Å². The first-order valence-corrected chi connectivity index (χ1v) is 10.6. The van der Waals surface area contributed by atoms with Crippen LogP contribution in [0.4, 0.5) is 0 Å². The third kappa shape index (κ3) is 4.51. The van der Waals surface area contributed by atoms with Crippen molar-refractivity contribution in [3.8, 4) is 10.6 Å². The minimum Gasteiger partial charge on any atom is -0.465 e. The maximum absolute atomic E-state index is 12.0. The Bertz CT molecular complexity index is 1040. The van der Waals surface area contributed by atoms with E-state index in [1.54, 1.807) is 18.3 Å². The summed E-state index contributed by atoms with van der Waals surface area (Å²) < 4.78 is 4.81. The highest BCUT2D eigenvalue weighted by molar-refractivity contribution is 7.98. The van der Waals surface area contributed by atoms with Gasteiger partial charge in [0.15, 0.2) is 0 Å². The minimum absolute atomic E-state index is 0.284. The summed E-state index contributed by atoms with van der Waals surface area (Å²) in [6.45, 7) is 5.99. The van der Waals surface area contributed by atoms with Gasteiger partial charge in [0.05, 0.1) is 12.8 Å². The van der Waals surface area contributed by atoms with Crippen LogP contribution in [0.1, 0.15) is 47.1 Å². The molecule has 146 valence electrons. The van der Waals surface area contributed by atoms with Gasteiger partial charge in [-0.15, -0.1) is 11.3 Å². The molecule has 0 spiro atoms. The normalized spacial score (nSPS) is 11.0. The number of nitrogens with one attached hydrogen (secondary N) is 1. The molecule has 0 aliphatic carbocycles. The van der Waals surface area contributed by atoms with Gasteiger partial charge in [0.1, 0.15) is 15.6 Å². The number of aromatic nitrogens is 3. The van der Waals surface area contributed by atoms with Gasteiger partial charge in [-0.3, -0.25) is 0 Å². The number of aromatic amines is 1. The third-order valence-electron chi connectivity index (χ3n) is 4.21. The largest absolute Gasteiger partial charge is 0.465 e. The fourth-order valence-electron chi connectivity index (χ4n) is 2.67. The molecule has 28 heavy (non-hydrogen) atoms. The summed E-state index contributed by atoms with van der Waals surface area (Å²) in [5, 5.41) is 3.27. The third-order valence-corrected chi connectivity index (χ3v) is 6.16. The molecule has 2 heterocycles. The van der Waals surface area contributed by atoms with Crippen LogP contribution in [0.25, 0.3) is 10.6 Å². The van der Waals surface area contributed by atoms with Gasteiger partial charge >= 0.3 is 11.7 Å².